The number of carbonyl (C=O) groups is 2. The van der Waals surface area contributed by atoms with Crippen molar-refractivity contribution in [3.63, 3.8) is 0 Å². The van der Waals surface area contributed by atoms with Crippen LogP contribution in [-0.4, -0.2) is 22.0 Å². The van der Waals surface area contributed by atoms with Crippen molar-refractivity contribution in [2.75, 3.05) is 0 Å². The van der Waals surface area contributed by atoms with E-state index in [9.17, 15) is 9.59 Å². The summed E-state index contributed by atoms with van der Waals surface area (Å²) in [6, 6.07) is 3.24. The van der Waals surface area contributed by atoms with Crippen molar-refractivity contribution in [1.82, 2.24) is 10.3 Å². The number of nitrogens with zero attached hydrogens (tertiary/aromatic N) is 1. The van der Waals surface area contributed by atoms with Crippen LogP contribution < -0.4 is 5.32 Å². The lowest BCUT2D eigenvalue weighted by Crippen LogP contribution is -2.25. The molecule has 0 saturated carbocycles. The summed E-state index contributed by atoms with van der Waals surface area (Å²) in [6.07, 6.45) is 4.21. The number of thiazole rings is 1. The van der Waals surface area contributed by atoms with E-state index in [2.05, 4.69) is 10.3 Å². The molecule has 20 heavy (non-hydrogen) atoms. The molecular formula is C13H12N2O3S2. The number of carboxylic acids is 1. The van der Waals surface area contributed by atoms with E-state index in [0.717, 1.165) is 16.0 Å². The Hall–Kier alpha value is -1.99. The number of carbonyl (C=O) groups excluding carboxylic acids is 1. The second kappa shape index (κ2) is 6.44. The molecule has 0 saturated heterocycles. The smallest absolute Gasteiger partial charge is 0.328 e. The minimum absolute atomic E-state index is 0.150. The largest absolute Gasteiger partial charge is 0.478 e. The molecule has 2 rings (SSSR count). The molecule has 5 nitrogen and oxygen atoms in total. The molecule has 0 aliphatic rings. The molecule has 0 radical (unpaired) electrons. The highest BCUT2D eigenvalue weighted by Crippen LogP contribution is 2.20. The van der Waals surface area contributed by atoms with Gasteiger partial charge < -0.3 is 10.4 Å². The summed E-state index contributed by atoms with van der Waals surface area (Å²) in [5.41, 5.74) is 0. The van der Waals surface area contributed by atoms with Crippen molar-refractivity contribution in [3.05, 3.63) is 44.5 Å². The molecule has 104 valence electrons. The van der Waals surface area contributed by atoms with Crippen molar-refractivity contribution >= 4 is 40.6 Å². The van der Waals surface area contributed by atoms with E-state index in [1.165, 1.54) is 28.7 Å². The molecule has 0 aromatic carbocycles. The first-order chi connectivity index (χ1) is 9.56. The second-order valence-corrected chi connectivity index (χ2v) is 5.98. The summed E-state index contributed by atoms with van der Waals surface area (Å²) < 4.78 is 0. The number of hydrogen-bond acceptors (Lipinski definition) is 5. The first-order valence-electron chi connectivity index (χ1n) is 5.77. The van der Waals surface area contributed by atoms with Gasteiger partial charge in [-0.05, 0) is 25.1 Å². The van der Waals surface area contributed by atoms with Crippen molar-refractivity contribution in [1.29, 1.82) is 0 Å². The number of carboxylic acid groups (broad SMARTS) is 1. The molecule has 0 spiro atoms. The third-order valence-corrected chi connectivity index (χ3v) is 4.42. The van der Waals surface area contributed by atoms with Crippen molar-refractivity contribution < 1.29 is 14.7 Å². The molecular weight excluding hydrogens is 296 g/mol. The molecule has 1 unspecified atom stereocenters. The van der Waals surface area contributed by atoms with Gasteiger partial charge in [0.05, 0.1) is 10.9 Å². The van der Waals surface area contributed by atoms with Crippen molar-refractivity contribution in [2.45, 2.75) is 13.0 Å². The highest BCUT2D eigenvalue weighted by molar-refractivity contribution is 7.14. The quantitative estimate of drug-likeness (QED) is 0.832. The van der Waals surface area contributed by atoms with Gasteiger partial charge in [-0.15, -0.1) is 22.7 Å². The Morgan fingerprint density at radius 2 is 2.25 bits per heavy atom. The molecule has 2 N–H and O–H groups in total. The molecule has 2 aromatic rings. The minimum Gasteiger partial charge on any atom is -0.478 e. The maximum atomic E-state index is 12.0. The van der Waals surface area contributed by atoms with E-state index < -0.39 is 5.97 Å². The summed E-state index contributed by atoms with van der Waals surface area (Å²) in [6.45, 7) is 1.87. The third-order valence-electron chi connectivity index (χ3n) is 2.41. The number of hydrogen-bond donors (Lipinski definition) is 2. The standard InChI is InChI=1S/C13H12N2O3S2/c1-8(13-14-6-7-19-13)15-12(18)10-4-2-9(20-10)3-5-11(16)17/h2-8H,1H3,(H,15,18)(H,16,17). The zero-order chi connectivity index (χ0) is 14.5. The lowest BCUT2D eigenvalue weighted by Gasteiger charge is -2.09. The molecule has 0 bridgehead atoms. The van der Waals surface area contributed by atoms with Gasteiger partial charge in [0.1, 0.15) is 5.01 Å². The summed E-state index contributed by atoms with van der Waals surface area (Å²) in [7, 11) is 0. The van der Waals surface area contributed by atoms with Gasteiger partial charge >= 0.3 is 5.97 Å². The maximum Gasteiger partial charge on any atom is 0.328 e. The average molecular weight is 308 g/mol. The van der Waals surface area contributed by atoms with Gasteiger partial charge in [-0.3, -0.25) is 4.79 Å². The minimum atomic E-state index is -1.01. The van der Waals surface area contributed by atoms with Crippen LogP contribution in [0.15, 0.2) is 29.8 Å². The van der Waals surface area contributed by atoms with Crippen LogP contribution in [0.1, 0.15) is 32.5 Å². The molecule has 0 fully saturated rings. The Labute approximate surface area is 123 Å². The van der Waals surface area contributed by atoms with E-state index >= 15 is 0 Å². The van der Waals surface area contributed by atoms with Crippen LogP contribution in [0.25, 0.3) is 6.08 Å². The van der Waals surface area contributed by atoms with Crippen LogP contribution >= 0.6 is 22.7 Å². The highest BCUT2D eigenvalue weighted by Gasteiger charge is 2.14. The second-order valence-electron chi connectivity index (χ2n) is 3.94. The lowest BCUT2D eigenvalue weighted by molar-refractivity contribution is -0.131. The van der Waals surface area contributed by atoms with E-state index in [1.54, 1.807) is 18.3 Å². The summed E-state index contributed by atoms with van der Waals surface area (Å²) in [5.74, 6) is -1.20. The first kappa shape index (κ1) is 14.4. The van der Waals surface area contributed by atoms with Crippen LogP contribution in [-0.2, 0) is 4.79 Å². The van der Waals surface area contributed by atoms with E-state index in [-0.39, 0.29) is 11.9 Å². The van der Waals surface area contributed by atoms with Crippen LogP contribution in [0, 0.1) is 0 Å². The van der Waals surface area contributed by atoms with Crippen LogP contribution in [0.5, 0.6) is 0 Å². The third kappa shape index (κ3) is 3.75. The normalized spacial score (nSPS) is 12.4. The fraction of sp³-hybridized carbons (Fsp3) is 0.154. The zero-order valence-electron chi connectivity index (χ0n) is 10.6. The SMILES string of the molecule is CC(NC(=O)c1ccc(C=CC(=O)O)s1)c1nccs1. The monoisotopic (exact) mass is 308 g/mol. The fourth-order valence-electron chi connectivity index (χ4n) is 1.50. The Morgan fingerprint density at radius 1 is 1.45 bits per heavy atom. The molecule has 7 heteroatoms. The molecule has 2 aromatic heterocycles. The van der Waals surface area contributed by atoms with Gasteiger partial charge in [-0.25, -0.2) is 9.78 Å². The van der Waals surface area contributed by atoms with Gasteiger partial charge in [0.15, 0.2) is 0 Å². The average Bonchev–Trinajstić information content (AvgIpc) is 3.07. The van der Waals surface area contributed by atoms with Crippen LogP contribution in [0.4, 0.5) is 0 Å². The van der Waals surface area contributed by atoms with E-state index in [1.807, 2.05) is 12.3 Å². The Balaban J connectivity index is 2.01. The maximum absolute atomic E-state index is 12.0. The van der Waals surface area contributed by atoms with Gasteiger partial charge in [0.2, 0.25) is 0 Å². The number of aliphatic carboxylic acids is 1. The topological polar surface area (TPSA) is 79.3 Å². The van der Waals surface area contributed by atoms with Crippen LogP contribution in [0.2, 0.25) is 0 Å². The Kier molecular flexibility index (Phi) is 4.65. The summed E-state index contributed by atoms with van der Waals surface area (Å²) in [4.78, 5) is 27.9. The number of rotatable bonds is 5. The van der Waals surface area contributed by atoms with Crippen molar-refractivity contribution in [2.24, 2.45) is 0 Å². The first-order valence-corrected chi connectivity index (χ1v) is 7.47. The van der Waals surface area contributed by atoms with Gasteiger partial charge in [0, 0.05) is 22.5 Å². The Morgan fingerprint density at radius 3 is 2.90 bits per heavy atom. The predicted octanol–water partition coefficient (Wildman–Crippen LogP) is 2.79. The van der Waals surface area contributed by atoms with Gasteiger partial charge in [-0.2, -0.15) is 0 Å². The zero-order valence-corrected chi connectivity index (χ0v) is 12.2. The Bertz CT molecular complexity index is 632. The fourth-order valence-corrected chi connectivity index (χ4v) is 2.96. The molecule has 1 atom stereocenters. The number of thiophene rings is 1. The number of nitrogens with one attached hydrogen (secondary N) is 1. The number of aromatic nitrogens is 1. The molecule has 0 aliphatic carbocycles. The van der Waals surface area contributed by atoms with Crippen LogP contribution in [0.3, 0.4) is 0 Å². The molecule has 1 amide bonds. The highest BCUT2D eigenvalue weighted by atomic mass is 32.1. The summed E-state index contributed by atoms with van der Waals surface area (Å²) in [5, 5.41) is 14.1. The van der Waals surface area contributed by atoms with E-state index in [0.29, 0.717) is 4.88 Å². The number of amides is 1. The van der Waals surface area contributed by atoms with Gasteiger partial charge in [0.25, 0.3) is 5.91 Å². The molecule has 2 heterocycles. The summed E-state index contributed by atoms with van der Waals surface area (Å²) >= 11 is 2.73. The van der Waals surface area contributed by atoms with E-state index in [4.69, 9.17) is 5.11 Å². The molecule has 0 aliphatic heterocycles. The predicted molar refractivity (Wildman–Crippen MR) is 79.0 cm³/mol. The lowest BCUT2D eigenvalue weighted by atomic mass is 10.3. The van der Waals surface area contributed by atoms with Crippen molar-refractivity contribution in [3.8, 4) is 0 Å². The van der Waals surface area contributed by atoms with Gasteiger partial charge in [-0.1, -0.05) is 0 Å².